The molecule has 1 saturated heterocycles. The van der Waals surface area contributed by atoms with E-state index in [1.54, 1.807) is 6.08 Å². The number of carbonyl (C=O) groups is 3. The molecule has 104 valence electrons. The van der Waals surface area contributed by atoms with E-state index in [4.69, 9.17) is 0 Å². The average molecular weight is 274 g/mol. The van der Waals surface area contributed by atoms with Gasteiger partial charge in [-0.2, -0.15) is 0 Å². The number of esters is 1. The van der Waals surface area contributed by atoms with Crippen LogP contribution in [0.25, 0.3) is 6.08 Å². The van der Waals surface area contributed by atoms with Crippen LogP contribution in [0.2, 0.25) is 0 Å². The number of rotatable bonds is 3. The lowest BCUT2D eigenvalue weighted by atomic mass is 10.1. The van der Waals surface area contributed by atoms with Crippen molar-refractivity contribution in [2.24, 2.45) is 0 Å². The smallest absolute Gasteiger partial charge is 0.329 e. The summed E-state index contributed by atoms with van der Waals surface area (Å²) in [5.41, 5.74) is 2.03. The van der Waals surface area contributed by atoms with Crippen LogP contribution in [-0.4, -0.2) is 36.5 Å². The monoisotopic (exact) mass is 274 g/mol. The Kier molecular flexibility index (Phi) is 3.84. The molecule has 2 rings (SSSR count). The van der Waals surface area contributed by atoms with Crippen molar-refractivity contribution in [3.8, 4) is 0 Å². The van der Waals surface area contributed by atoms with Crippen LogP contribution in [0.3, 0.4) is 0 Å². The number of nitrogens with one attached hydrogen (secondary N) is 1. The molecule has 1 aromatic carbocycles. The maximum Gasteiger partial charge on any atom is 0.329 e. The quantitative estimate of drug-likeness (QED) is 0.508. The van der Waals surface area contributed by atoms with Crippen LogP contribution in [0.15, 0.2) is 30.0 Å². The Morgan fingerprint density at radius 1 is 1.30 bits per heavy atom. The number of methoxy groups -OCH3 is 1. The van der Waals surface area contributed by atoms with Gasteiger partial charge in [-0.3, -0.25) is 9.59 Å². The zero-order valence-corrected chi connectivity index (χ0v) is 11.2. The molecule has 0 unspecified atom stereocenters. The zero-order valence-electron chi connectivity index (χ0n) is 11.2. The minimum Gasteiger partial charge on any atom is -0.468 e. The molecule has 0 atom stereocenters. The number of benzene rings is 1. The summed E-state index contributed by atoms with van der Waals surface area (Å²) in [5.74, 6) is -1.19. The van der Waals surface area contributed by atoms with Crippen molar-refractivity contribution in [1.29, 1.82) is 0 Å². The van der Waals surface area contributed by atoms with Gasteiger partial charge in [-0.15, -0.1) is 0 Å². The van der Waals surface area contributed by atoms with Gasteiger partial charge in [0.25, 0.3) is 5.91 Å². The van der Waals surface area contributed by atoms with Crippen LogP contribution in [-0.2, 0) is 14.3 Å². The number of hydrogen-bond donors (Lipinski definition) is 1. The lowest BCUT2D eigenvalue weighted by Crippen LogP contribution is -2.36. The standard InChI is InChI=1S/C14H14N2O4/c1-9-3-5-10(6-4-9)7-11-13(18)16(14(19)15-11)8-12(17)20-2/h3-7H,8H2,1-2H3,(H,15,19). The fraction of sp³-hybridized carbons (Fsp3) is 0.214. The van der Waals surface area contributed by atoms with Gasteiger partial charge in [0, 0.05) is 0 Å². The topological polar surface area (TPSA) is 75.7 Å². The molecule has 0 spiro atoms. The molecule has 1 aliphatic heterocycles. The molecule has 1 N–H and O–H groups in total. The molecule has 1 aromatic rings. The molecule has 6 nitrogen and oxygen atoms in total. The van der Waals surface area contributed by atoms with Gasteiger partial charge in [-0.05, 0) is 18.6 Å². The van der Waals surface area contributed by atoms with Crippen molar-refractivity contribution < 1.29 is 19.1 Å². The van der Waals surface area contributed by atoms with Crippen LogP contribution in [0, 0.1) is 6.92 Å². The zero-order chi connectivity index (χ0) is 14.7. The molecule has 20 heavy (non-hydrogen) atoms. The number of carbonyl (C=O) groups excluding carboxylic acids is 3. The van der Waals surface area contributed by atoms with E-state index in [0.29, 0.717) is 0 Å². The highest BCUT2D eigenvalue weighted by molar-refractivity contribution is 6.15. The normalized spacial score (nSPS) is 16.5. The Morgan fingerprint density at radius 3 is 2.55 bits per heavy atom. The maximum atomic E-state index is 12.0. The van der Waals surface area contributed by atoms with Gasteiger partial charge in [0.2, 0.25) is 0 Å². The van der Waals surface area contributed by atoms with Gasteiger partial charge < -0.3 is 10.1 Å². The van der Waals surface area contributed by atoms with E-state index < -0.39 is 24.5 Å². The number of urea groups is 1. The minimum absolute atomic E-state index is 0.141. The highest BCUT2D eigenvalue weighted by Gasteiger charge is 2.35. The first-order chi connectivity index (χ1) is 9.51. The van der Waals surface area contributed by atoms with E-state index in [9.17, 15) is 14.4 Å². The van der Waals surface area contributed by atoms with E-state index in [0.717, 1.165) is 16.0 Å². The fourth-order valence-electron chi connectivity index (χ4n) is 1.74. The van der Waals surface area contributed by atoms with Crippen molar-refractivity contribution in [2.75, 3.05) is 13.7 Å². The summed E-state index contributed by atoms with van der Waals surface area (Å²) in [6.07, 6.45) is 1.57. The van der Waals surface area contributed by atoms with Gasteiger partial charge >= 0.3 is 12.0 Å². The third kappa shape index (κ3) is 2.85. The van der Waals surface area contributed by atoms with Crippen molar-refractivity contribution in [2.45, 2.75) is 6.92 Å². The Balaban J connectivity index is 2.19. The Hall–Kier alpha value is -2.63. The number of imide groups is 1. The second-order valence-electron chi connectivity index (χ2n) is 4.37. The van der Waals surface area contributed by atoms with Crippen molar-refractivity contribution >= 4 is 24.0 Å². The number of hydrogen-bond acceptors (Lipinski definition) is 4. The first-order valence-corrected chi connectivity index (χ1v) is 5.99. The number of amides is 3. The molecule has 0 bridgehead atoms. The maximum absolute atomic E-state index is 12.0. The van der Waals surface area contributed by atoms with Crippen LogP contribution in [0.1, 0.15) is 11.1 Å². The number of ether oxygens (including phenoxy) is 1. The first-order valence-electron chi connectivity index (χ1n) is 5.99. The number of nitrogens with zero attached hydrogens (tertiary/aromatic N) is 1. The van der Waals surface area contributed by atoms with Gasteiger partial charge in [0.15, 0.2) is 0 Å². The van der Waals surface area contributed by atoms with Crippen molar-refractivity contribution in [3.63, 3.8) is 0 Å². The predicted octanol–water partition coefficient (Wildman–Crippen LogP) is 1.06. The Labute approximate surface area is 116 Å². The Bertz CT molecular complexity index is 590. The van der Waals surface area contributed by atoms with E-state index in [1.165, 1.54) is 7.11 Å². The van der Waals surface area contributed by atoms with Gasteiger partial charge in [-0.25, -0.2) is 9.69 Å². The van der Waals surface area contributed by atoms with Gasteiger partial charge in [0.05, 0.1) is 7.11 Å². The molecule has 0 saturated carbocycles. The van der Waals surface area contributed by atoms with Crippen LogP contribution in [0.5, 0.6) is 0 Å². The van der Waals surface area contributed by atoms with Crippen LogP contribution >= 0.6 is 0 Å². The van der Waals surface area contributed by atoms with Crippen molar-refractivity contribution in [3.05, 3.63) is 41.1 Å². The van der Waals surface area contributed by atoms with Crippen molar-refractivity contribution in [1.82, 2.24) is 10.2 Å². The summed E-state index contributed by atoms with van der Waals surface area (Å²) < 4.78 is 4.44. The summed E-state index contributed by atoms with van der Waals surface area (Å²) in [5, 5.41) is 2.44. The van der Waals surface area contributed by atoms with Crippen LogP contribution < -0.4 is 5.32 Å². The second kappa shape index (κ2) is 5.56. The molecule has 1 aliphatic rings. The third-order valence-electron chi connectivity index (χ3n) is 2.87. The van der Waals surface area contributed by atoms with Gasteiger partial charge in [0.1, 0.15) is 12.2 Å². The van der Waals surface area contributed by atoms with E-state index in [-0.39, 0.29) is 5.70 Å². The molecule has 6 heteroatoms. The lowest BCUT2D eigenvalue weighted by molar-refractivity contribution is -0.143. The predicted molar refractivity (Wildman–Crippen MR) is 71.4 cm³/mol. The summed E-state index contributed by atoms with van der Waals surface area (Å²) in [6, 6.07) is 6.86. The second-order valence-corrected chi connectivity index (χ2v) is 4.37. The molecule has 1 fully saturated rings. The fourth-order valence-corrected chi connectivity index (χ4v) is 1.74. The summed E-state index contributed by atoms with van der Waals surface area (Å²) in [4.78, 5) is 35.6. The third-order valence-corrected chi connectivity index (χ3v) is 2.87. The van der Waals surface area contributed by atoms with E-state index >= 15 is 0 Å². The molecule has 0 aliphatic carbocycles. The molecular formula is C14H14N2O4. The van der Waals surface area contributed by atoms with Gasteiger partial charge in [-0.1, -0.05) is 29.8 Å². The number of aryl methyl sites for hydroxylation is 1. The highest BCUT2D eigenvalue weighted by atomic mass is 16.5. The summed E-state index contributed by atoms with van der Waals surface area (Å²) >= 11 is 0. The molecule has 3 amide bonds. The Morgan fingerprint density at radius 2 is 1.95 bits per heavy atom. The SMILES string of the molecule is COC(=O)CN1C(=O)NC(=Cc2ccc(C)cc2)C1=O. The van der Waals surface area contributed by atoms with Crippen LogP contribution in [0.4, 0.5) is 4.79 Å². The first kappa shape index (κ1) is 13.8. The summed E-state index contributed by atoms with van der Waals surface area (Å²) in [6.45, 7) is 1.56. The molecule has 1 heterocycles. The lowest BCUT2D eigenvalue weighted by Gasteiger charge is -2.08. The van der Waals surface area contributed by atoms with E-state index in [2.05, 4.69) is 10.1 Å². The molecule has 0 aromatic heterocycles. The highest BCUT2D eigenvalue weighted by Crippen LogP contribution is 2.14. The van der Waals surface area contributed by atoms with E-state index in [1.807, 2.05) is 31.2 Å². The minimum atomic E-state index is -0.648. The summed E-state index contributed by atoms with van der Waals surface area (Å²) in [7, 11) is 1.20. The average Bonchev–Trinajstić information content (AvgIpc) is 2.69. The largest absolute Gasteiger partial charge is 0.468 e. The molecule has 0 radical (unpaired) electrons. The molecular weight excluding hydrogens is 260 g/mol.